The smallest absolute Gasteiger partial charge is 0.366 e. The maximum absolute atomic E-state index is 12.3. The molecule has 0 spiro atoms. The van der Waals surface area contributed by atoms with E-state index >= 15 is 0 Å². The third-order valence-corrected chi connectivity index (χ3v) is 6.19. The van der Waals surface area contributed by atoms with Crippen LogP contribution in [0.4, 0.5) is 0 Å². The number of carbonyl (C=O) groups is 2. The average molecular weight is 382 g/mol. The van der Waals surface area contributed by atoms with Crippen molar-refractivity contribution in [1.82, 2.24) is 0 Å². The summed E-state index contributed by atoms with van der Waals surface area (Å²) in [7, 11) is 0. The minimum atomic E-state index is -3.11. The lowest BCUT2D eigenvalue weighted by molar-refractivity contribution is -0.237. The van der Waals surface area contributed by atoms with E-state index in [9.17, 15) is 24.9 Å². The van der Waals surface area contributed by atoms with Gasteiger partial charge in [0.2, 0.25) is 0 Å². The molecule has 0 saturated heterocycles. The number of aliphatic hydroxyl groups is 3. The van der Waals surface area contributed by atoms with E-state index in [1.54, 1.807) is 0 Å². The lowest BCUT2D eigenvalue weighted by Gasteiger charge is -2.23. The van der Waals surface area contributed by atoms with Crippen LogP contribution in [0.25, 0.3) is 0 Å². The fraction of sp³-hybridized carbons (Fsp3) is 0.810. The fourth-order valence-electron chi connectivity index (χ4n) is 4.38. The standard InChI is InChI=1S/C21H34O6/c1-2-3-4-5-6-7-8-14-9-11-17(22)19(14)16-13-15(16)10-12-18(23)21(26,27)20(24)25/h7-8,14-16,18-19,23,26-27H,2-6,9-13H2,1H3,(H,24,25)/t14-,15?,16?,18?,19-/m0/s1. The number of ketones is 1. The van der Waals surface area contributed by atoms with E-state index in [2.05, 4.69) is 19.1 Å². The highest BCUT2D eigenvalue weighted by Gasteiger charge is 2.51. The molecule has 2 fully saturated rings. The molecule has 6 nitrogen and oxygen atoms in total. The van der Waals surface area contributed by atoms with Crippen molar-refractivity contribution >= 4 is 11.8 Å². The molecule has 2 aliphatic carbocycles. The van der Waals surface area contributed by atoms with Crippen molar-refractivity contribution in [1.29, 1.82) is 0 Å². The van der Waals surface area contributed by atoms with Crippen LogP contribution in [0.2, 0.25) is 0 Å². The molecule has 0 bridgehead atoms. The number of allylic oxidation sites excluding steroid dienone is 2. The van der Waals surface area contributed by atoms with Crippen LogP contribution in [-0.4, -0.2) is 44.1 Å². The van der Waals surface area contributed by atoms with Crippen molar-refractivity contribution in [3.05, 3.63) is 12.2 Å². The van der Waals surface area contributed by atoms with Crippen molar-refractivity contribution in [2.75, 3.05) is 0 Å². The maximum atomic E-state index is 12.3. The molecule has 0 radical (unpaired) electrons. The highest BCUT2D eigenvalue weighted by atomic mass is 16.6. The van der Waals surface area contributed by atoms with Crippen molar-refractivity contribution in [3.63, 3.8) is 0 Å². The van der Waals surface area contributed by atoms with Crippen LogP contribution in [0.1, 0.15) is 71.1 Å². The monoisotopic (exact) mass is 382 g/mol. The summed E-state index contributed by atoms with van der Waals surface area (Å²) in [5, 5.41) is 37.2. The molecule has 2 rings (SSSR count). The third-order valence-electron chi connectivity index (χ3n) is 6.19. The van der Waals surface area contributed by atoms with Crippen LogP contribution in [0.5, 0.6) is 0 Å². The number of rotatable bonds is 12. The van der Waals surface area contributed by atoms with Gasteiger partial charge in [-0.25, -0.2) is 4.79 Å². The Balaban J connectivity index is 1.78. The average Bonchev–Trinajstić information content (AvgIpc) is 3.29. The van der Waals surface area contributed by atoms with Crippen LogP contribution in [-0.2, 0) is 9.59 Å². The lowest BCUT2D eigenvalue weighted by Crippen LogP contribution is -2.49. The first kappa shape index (κ1) is 22.1. The van der Waals surface area contributed by atoms with Gasteiger partial charge in [0, 0.05) is 12.3 Å². The Labute approximate surface area is 161 Å². The minimum absolute atomic E-state index is 0.000683. The first-order valence-corrected chi connectivity index (χ1v) is 10.3. The molecule has 6 heteroatoms. The second-order valence-electron chi connectivity index (χ2n) is 8.26. The SMILES string of the molecule is CCCCCCC=C[C@H]1CCC(=O)[C@@H]1C1CC1CCC(O)C(O)(O)C(=O)O. The van der Waals surface area contributed by atoms with Gasteiger partial charge < -0.3 is 20.4 Å². The summed E-state index contributed by atoms with van der Waals surface area (Å²) >= 11 is 0. The highest BCUT2D eigenvalue weighted by Crippen LogP contribution is 2.53. The molecule has 2 saturated carbocycles. The first-order valence-electron chi connectivity index (χ1n) is 10.3. The molecular formula is C21H34O6. The van der Waals surface area contributed by atoms with E-state index in [1.807, 2.05) is 0 Å². The number of hydrogen-bond acceptors (Lipinski definition) is 5. The predicted molar refractivity (Wildman–Crippen MR) is 101 cm³/mol. The summed E-state index contributed by atoms with van der Waals surface area (Å²) in [6.07, 6.45) is 11.6. The van der Waals surface area contributed by atoms with Crippen molar-refractivity contribution in [2.45, 2.75) is 83.0 Å². The molecule has 0 aromatic rings. The number of Topliss-reactive ketones (excluding diaryl/α,β-unsaturated/α-hetero) is 1. The topological polar surface area (TPSA) is 115 Å². The van der Waals surface area contributed by atoms with Crippen molar-refractivity contribution in [3.8, 4) is 0 Å². The Bertz CT molecular complexity index is 541. The van der Waals surface area contributed by atoms with Crippen molar-refractivity contribution in [2.24, 2.45) is 23.7 Å². The van der Waals surface area contributed by atoms with Gasteiger partial charge in [-0.1, -0.05) is 38.3 Å². The molecule has 0 aromatic carbocycles. The lowest BCUT2D eigenvalue weighted by atomic mass is 9.88. The number of unbranched alkanes of at least 4 members (excludes halogenated alkanes) is 4. The van der Waals surface area contributed by atoms with Crippen LogP contribution in [0.3, 0.4) is 0 Å². The van der Waals surface area contributed by atoms with E-state index in [4.69, 9.17) is 5.11 Å². The zero-order valence-corrected chi connectivity index (χ0v) is 16.2. The number of carboxylic acid groups (broad SMARTS) is 1. The van der Waals surface area contributed by atoms with Gasteiger partial charge in [-0.15, -0.1) is 0 Å². The molecular weight excluding hydrogens is 348 g/mol. The summed E-state index contributed by atoms with van der Waals surface area (Å²) in [5.74, 6) is -3.80. The minimum Gasteiger partial charge on any atom is -0.477 e. The molecule has 27 heavy (non-hydrogen) atoms. The number of hydrogen-bond donors (Lipinski definition) is 4. The van der Waals surface area contributed by atoms with Gasteiger partial charge in [-0.2, -0.15) is 0 Å². The Morgan fingerprint density at radius 1 is 1.30 bits per heavy atom. The van der Waals surface area contributed by atoms with Crippen LogP contribution < -0.4 is 0 Å². The molecule has 154 valence electrons. The van der Waals surface area contributed by atoms with E-state index < -0.39 is 17.9 Å². The summed E-state index contributed by atoms with van der Waals surface area (Å²) in [5.41, 5.74) is 0. The Morgan fingerprint density at radius 3 is 2.70 bits per heavy atom. The van der Waals surface area contributed by atoms with Gasteiger partial charge in [0.05, 0.1) is 0 Å². The summed E-state index contributed by atoms with van der Waals surface area (Å²) in [6.45, 7) is 2.19. The zero-order chi connectivity index (χ0) is 20.0. The van der Waals surface area contributed by atoms with Gasteiger partial charge in [-0.3, -0.25) is 4.79 Å². The quantitative estimate of drug-likeness (QED) is 0.234. The van der Waals surface area contributed by atoms with Gasteiger partial charge in [0.15, 0.2) is 0 Å². The van der Waals surface area contributed by atoms with E-state index in [0.29, 0.717) is 18.6 Å². The number of carbonyl (C=O) groups excluding carboxylic acids is 1. The molecule has 0 heterocycles. The second kappa shape index (κ2) is 9.80. The summed E-state index contributed by atoms with van der Waals surface area (Å²) in [4.78, 5) is 23.1. The molecule has 0 aromatic heterocycles. The van der Waals surface area contributed by atoms with Crippen molar-refractivity contribution < 1.29 is 30.0 Å². The molecule has 3 unspecified atom stereocenters. The number of carboxylic acids is 1. The van der Waals surface area contributed by atoms with Gasteiger partial charge in [0.1, 0.15) is 11.9 Å². The zero-order valence-electron chi connectivity index (χ0n) is 16.2. The second-order valence-corrected chi connectivity index (χ2v) is 8.26. The third kappa shape index (κ3) is 5.87. The van der Waals surface area contributed by atoms with Gasteiger partial charge in [0.25, 0.3) is 5.79 Å². The first-order chi connectivity index (χ1) is 12.8. The number of aliphatic carboxylic acids is 1. The predicted octanol–water partition coefficient (Wildman–Crippen LogP) is 2.65. The Hall–Kier alpha value is -1.24. The Morgan fingerprint density at radius 2 is 2.04 bits per heavy atom. The molecule has 0 amide bonds. The molecule has 4 N–H and O–H groups in total. The van der Waals surface area contributed by atoms with Gasteiger partial charge in [-0.05, 0) is 56.3 Å². The van der Waals surface area contributed by atoms with E-state index in [1.165, 1.54) is 25.7 Å². The normalized spacial score (nSPS) is 29.4. The van der Waals surface area contributed by atoms with Crippen LogP contribution in [0, 0.1) is 23.7 Å². The molecule has 0 aliphatic heterocycles. The summed E-state index contributed by atoms with van der Waals surface area (Å²) < 4.78 is 0. The fourth-order valence-corrected chi connectivity index (χ4v) is 4.38. The van der Waals surface area contributed by atoms with E-state index in [0.717, 1.165) is 19.3 Å². The van der Waals surface area contributed by atoms with Gasteiger partial charge >= 0.3 is 5.97 Å². The van der Waals surface area contributed by atoms with Crippen LogP contribution in [0.15, 0.2) is 12.2 Å². The largest absolute Gasteiger partial charge is 0.477 e. The van der Waals surface area contributed by atoms with Crippen LogP contribution >= 0.6 is 0 Å². The molecule has 5 atom stereocenters. The summed E-state index contributed by atoms with van der Waals surface area (Å²) in [6, 6.07) is 0. The maximum Gasteiger partial charge on any atom is 0.366 e. The molecule has 2 aliphatic rings. The van der Waals surface area contributed by atoms with E-state index in [-0.39, 0.29) is 30.1 Å². The number of aliphatic hydroxyl groups excluding tert-OH is 1. The highest BCUT2D eigenvalue weighted by molar-refractivity contribution is 5.84. The Kier molecular flexibility index (Phi) is 8.01.